The molecule has 0 N–H and O–H groups in total. The number of nitrogens with zero attached hydrogens (tertiary/aromatic N) is 6. The molecule has 12 rings (SSSR count). The van der Waals surface area contributed by atoms with Crippen molar-refractivity contribution in [1.29, 1.82) is 0 Å². The summed E-state index contributed by atoms with van der Waals surface area (Å²) in [5.41, 5.74) is 15.8. The maximum Gasteiger partial charge on any atom is 0.235 e. The van der Waals surface area contributed by atoms with Crippen LogP contribution in [0.2, 0.25) is 0 Å². The Morgan fingerprint density at radius 2 is 0.758 bits per heavy atom. The van der Waals surface area contributed by atoms with Crippen LogP contribution in [0.25, 0.3) is 67.0 Å². The maximum absolute atomic E-state index is 5.16. The lowest BCUT2D eigenvalue weighted by Crippen LogP contribution is -2.09. The quantitative estimate of drug-likeness (QED) is 0.137. The molecule has 0 atom stereocenters. The van der Waals surface area contributed by atoms with Gasteiger partial charge < -0.3 is 14.4 Å². The number of benzene rings is 9. The van der Waals surface area contributed by atoms with Crippen molar-refractivity contribution in [3.05, 3.63) is 255 Å². The molecule has 6 heteroatoms. The van der Waals surface area contributed by atoms with Gasteiger partial charge in [-0.15, -0.1) is 0 Å². The Labute approximate surface area is 383 Å². The third kappa shape index (κ3) is 6.94. The lowest BCUT2D eigenvalue weighted by Gasteiger charge is -2.26. The number of rotatable bonds is 10. The molecule has 0 unspecified atom stereocenters. The number of imidazole rings is 1. The lowest BCUT2D eigenvalue weighted by molar-refractivity contribution is 1.11. The zero-order valence-corrected chi connectivity index (χ0v) is 35.9. The number of para-hydroxylation sites is 4. The first-order valence-electron chi connectivity index (χ1n) is 22.2. The van der Waals surface area contributed by atoms with Gasteiger partial charge in [-0.05, 0) is 103 Å². The summed E-state index contributed by atoms with van der Waals surface area (Å²) >= 11 is 0. The molecule has 9 aromatic carbocycles. The third-order valence-corrected chi connectivity index (χ3v) is 12.3. The molecular weight excluding hydrogens is 805 g/mol. The highest BCUT2D eigenvalue weighted by Crippen LogP contribution is 2.43. The van der Waals surface area contributed by atoms with Gasteiger partial charge in [0.1, 0.15) is 0 Å². The number of fused-ring (bicyclic) bond motifs is 4. The molecule has 0 saturated heterocycles. The van der Waals surface area contributed by atoms with Gasteiger partial charge in [0.15, 0.2) is 0 Å². The summed E-state index contributed by atoms with van der Waals surface area (Å²) in [5.74, 6) is 0.656. The topological polar surface area (TPSA) is 41.6 Å². The summed E-state index contributed by atoms with van der Waals surface area (Å²) in [6.07, 6.45) is 2.10. The lowest BCUT2D eigenvalue weighted by atomic mass is 10.1. The average molecular weight is 847 g/mol. The van der Waals surface area contributed by atoms with Crippen molar-refractivity contribution in [3.8, 4) is 39.5 Å². The number of hydrogen-bond acceptors (Lipinski definition) is 4. The molecule has 0 aliphatic rings. The van der Waals surface area contributed by atoms with Gasteiger partial charge in [0, 0.05) is 73.5 Å². The van der Waals surface area contributed by atoms with Gasteiger partial charge in [0.25, 0.3) is 0 Å². The molecule has 6 nitrogen and oxygen atoms in total. The average Bonchev–Trinajstić information content (AvgIpc) is 3.94. The first kappa shape index (κ1) is 38.7. The smallest absolute Gasteiger partial charge is 0.235 e. The SMILES string of the molecule is c1ccc(-c2nc3nc(-c4ccc(-n5c6ccc(N(c7ccccc7)c7ccccc7)cc6c6cc(N(c7ccccc7)c7ccccc7)ccc65)cc4)ccn3c2-c2ccccc2)cc1. The van der Waals surface area contributed by atoms with Crippen molar-refractivity contribution in [2.75, 3.05) is 9.80 Å². The van der Waals surface area contributed by atoms with Crippen LogP contribution in [0.15, 0.2) is 255 Å². The maximum atomic E-state index is 5.16. The highest BCUT2D eigenvalue weighted by Gasteiger charge is 2.21. The molecule has 0 radical (unpaired) electrons. The first-order chi connectivity index (χ1) is 32.7. The minimum Gasteiger partial charge on any atom is -0.310 e. The Morgan fingerprint density at radius 3 is 1.21 bits per heavy atom. The molecule has 0 fully saturated rings. The van der Waals surface area contributed by atoms with E-state index in [-0.39, 0.29) is 0 Å². The van der Waals surface area contributed by atoms with Crippen molar-refractivity contribution in [2.24, 2.45) is 0 Å². The van der Waals surface area contributed by atoms with Gasteiger partial charge >= 0.3 is 0 Å². The highest BCUT2D eigenvalue weighted by molar-refractivity contribution is 6.12. The fraction of sp³-hybridized carbons (Fsp3) is 0. The zero-order chi connectivity index (χ0) is 43.8. The molecule has 0 aliphatic heterocycles. The largest absolute Gasteiger partial charge is 0.310 e. The van der Waals surface area contributed by atoms with Gasteiger partial charge in [-0.3, -0.25) is 4.40 Å². The summed E-state index contributed by atoms with van der Waals surface area (Å²) in [6.45, 7) is 0. The number of hydrogen-bond donors (Lipinski definition) is 0. The monoisotopic (exact) mass is 846 g/mol. The first-order valence-corrected chi connectivity index (χ1v) is 22.2. The standard InChI is InChI=1S/C60H42N6/c1-7-19-44(20-8-1)58-59(45-21-9-2-10-22-45)63-40-39-55(61-60(63)62-58)43-31-33-50(34-32-43)66-56-37-35-51(64(46-23-11-3-12-24-46)47-25-13-4-14-26-47)41-53(56)54-42-52(36-38-57(54)66)65(48-27-15-5-16-28-48)49-29-17-6-18-30-49/h1-42H. The van der Waals surface area contributed by atoms with E-state index in [1.807, 2.05) is 12.1 Å². The van der Waals surface area contributed by atoms with Gasteiger partial charge in [-0.25, -0.2) is 9.97 Å². The predicted octanol–water partition coefficient (Wildman–Crippen LogP) is 15.8. The van der Waals surface area contributed by atoms with E-state index in [0.717, 1.165) is 95.4 Å². The fourth-order valence-electron chi connectivity index (χ4n) is 9.30. The molecule has 0 amide bonds. The van der Waals surface area contributed by atoms with E-state index in [1.165, 1.54) is 0 Å². The van der Waals surface area contributed by atoms with Crippen LogP contribution in [0, 0.1) is 0 Å². The molecule has 0 bridgehead atoms. The normalized spacial score (nSPS) is 11.3. The summed E-state index contributed by atoms with van der Waals surface area (Å²) in [5, 5.41) is 2.31. The Balaban J connectivity index is 1.01. The third-order valence-electron chi connectivity index (χ3n) is 12.3. The Kier molecular flexibility index (Phi) is 9.73. The van der Waals surface area contributed by atoms with Crippen molar-refractivity contribution >= 4 is 61.7 Å². The van der Waals surface area contributed by atoms with Gasteiger partial charge in [0.2, 0.25) is 5.78 Å². The van der Waals surface area contributed by atoms with Crippen molar-refractivity contribution < 1.29 is 0 Å². The minimum absolute atomic E-state index is 0.656. The zero-order valence-electron chi connectivity index (χ0n) is 35.9. The van der Waals surface area contributed by atoms with Crippen LogP contribution in [-0.2, 0) is 0 Å². The Bertz CT molecular complexity index is 3390. The summed E-state index contributed by atoms with van der Waals surface area (Å²) in [6, 6.07) is 87.7. The molecule has 3 heterocycles. The molecule has 0 saturated carbocycles. The van der Waals surface area contributed by atoms with Crippen LogP contribution in [0.1, 0.15) is 0 Å². The van der Waals surface area contributed by atoms with Crippen LogP contribution in [0.3, 0.4) is 0 Å². The molecule has 312 valence electrons. The van der Waals surface area contributed by atoms with E-state index in [9.17, 15) is 0 Å². The molecule has 0 spiro atoms. The minimum atomic E-state index is 0.656. The van der Waals surface area contributed by atoms with Crippen molar-refractivity contribution in [2.45, 2.75) is 0 Å². The van der Waals surface area contributed by atoms with Crippen molar-refractivity contribution in [1.82, 2.24) is 18.9 Å². The van der Waals surface area contributed by atoms with Crippen LogP contribution in [0.4, 0.5) is 34.1 Å². The van der Waals surface area contributed by atoms with E-state index < -0.39 is 0 Å². The van der Waals surface area contributed by atoms with E-state index in [2.05, 4.69) is 262 Å². The van der Waals surface area contributed by atoms with Crippen LogP contribution in [-0.4, -0.2) is 18.9 Å². The summed E-state index contributed by atoms with van der Waals surface area (Å²) < 4.78 is 4.49. The van der Waals surface area contributed by atoms with Gasteiger partial charge in [-0.2, -0.15) is 0 Å². The second-order valence-corrected chi connectivity index (χ2v) is 16.3. The van der Waals surface area contributed by atoms with Gasteiger partial charge in [-0.1, -0.05) is 146 Å². The molecule has 3 aromatic heterocycles. The Morgan fingerprint density at radius 1 is 0.333 bits per heavy atom. The number of anilines is 6. The fourth-order valence-corrected chi connectivity index (χ4v) is 9.30. The van der Waals surface area contributed by atoms with E-state index in [4.69, 9.17) is 9.97 Å². The highest BCUT2D eigenvalue weighted by atomic mass is 15.2. The molecule has 66 heavy (non-hydrogen) atoms. The summed E-state index contributed by atoms with van der Waals surface area (Å²) in [4.78, 5) is 14.9. The van der Waals surface area contributed by atoms with Crippen LogP contribution < -0.4 is 9.80 Å². The van der Waals surface area contributed by atoms with E-state index in [0.29, 0.717) is 5.78 Å². The molecule has 12 aromatic rings. The molecular formula is C60H42N6. The van der Waals surface area contributed by atoms with Crippen LogP contribution in [0.5, 0.6) is 0 Å². The van der Waals surface area contributed by atoms with E-state index >= 15 is 0 Å². The van der Waals surface area contributed by atoms with Gasteiger partial charge in [0.05, 0.1) is 28.1 Å². The van der Waals surface area contributed by atoms with E-state index in [1.54, 1.807) is 0 Å². The van der Waals surface area contributed by atoms with Crippen LogP contribution >= 0.6 is 0 Å². The molecule has 0 aliphatic carbocycles. The predicted molar refractivity (Wildman–Crippen MR) is 273 cm³/mol. The second-order valence-electron chi connectivity index (χ2n) is 16.3. The summed E-state index contributed by atoms with van der Waals surface area (Å²) in [7, 11) is 0. The second kappa shape index (κ2) is 16.6. The number of aromatic nitrogens is 4. The van der Waals surface area contributed by atoms with Crippen molar-refractivity contribution in [3.63, 3.8) is 0 Å². The Hall–Kier alpha value is -9.00.